The Labute approximate surface area is 120 Å². The summed E-state index contributed by atoms with van der Waals surface area (Å²) in [7, 11) is 0. The van der Waals surface area contributed by atoms with Crippen LogP contribution in [0.3, 0.4) is 0 Å². The number of carbonyl (C=O) groups excluding carboxylic acids is 1. The van der Waals surface area contributed by atoms with Gasteiger partial charge in [-0.3, -0.25) is 4.79 Å². The zero-order chi connectivity index (χ0) is 14.5. The van der Waals surface area contributed by atoms with Crippen molar-refractivity contribution in [1.82, 2.24) is 15.3 Å². The van der Waals surface area contributed by atoms with Crippen LogP contribution in [0.1, 0.15) is 49.2 Å². The summed E-state index contributed by atoms with van der Waals surface area (Å²) in [6, 6.07) is 0. The number of nitrogens with zero attached hydrogens (tertiary/aromatic N) is 3. The molecule has 5 heteroatoms. The summed E-state index contributed by atoms with van der Waals surface area (Å²) in [4.78, 5) is 23.1. The first-order valence-electron chi connectivity index (χ1n) is 7.44. The van der Waals surface area contributed by atoms with E-state index in [9.17, 15) is 4.79 Å². The molecule has 0 atom stereocenters. The van der Waals surface area contributed by atoms with E-state index in [1.165, 1.54) is 12.8 Å². The van der Waals surface area contributed by atoms with Crippen molar-refractivity contribution < 1.29 is 4.79 Å². The summed E-state index contributed by atoms with van der Waals surface area (Å²) in [6.45, 7) is 8.89. The Kier molecular flexibility index (Phi) is 4.93. The maximum atomic E-state index is 12.1. The van der Waals surface area contributed by atoms with Gasteiger partial charge in [0.15, 0.2) is 0 Å². The molecule has 20 heavy (non-hydrogen) atoms. The van der Waals surface area contributed by atoms with Crippen molar-refractivity contribution in [3.8, 4) is 0 Å². The van der Waals surface area contributed by atoms with Gasteiger partial charge >= 0.3 is 0 Å². The lowest BCUT2D eigenvalue weighted by molar-refractivity contribution is 0.0950. The Morgan fingerprint density at radius 3 is 2.70 bits per heavy atom. The van der Waals surface area contributed by atoms with Crippen LogP contribution in [-0.2, 0) is 0 Å². The molecule has 2 rings (SSSR count). The third-order valence-electron chi connectivity index (χ3n) is 3.61. The first-order valence-corrected chi connectivity index (χ1v) is 7.44. The zero-order valence-electron chi connectivity index (χ0n) is 12.6. The van der Waals surface area contributed by atoms with Gasteiger partial charge in [0, 0.05) is 25.8 Å². The topological polar surface area (TPSA) is 58.1 Å². The predicted octanol–water partition coefficient (Wildman–Crippen LogP) is 2.16. The molecule has 0 aliphatic carbocycles. The molecule has 1 saturated heterocycles. The van der Waals surface area contributed by atoms with Crippen molar-refractivity contribution in [2.45, 2.75) is 40.0 Å². The normalized spacial score (nSPS) is 14.9. The van der Waals surface area contributed by atoms with Crippen LogP contribution < -0.4 is 10.2 Å². The smallest absolute Gasteiger partial charge is 0.254 e. The second-order valence-electron chi connectivity index (χ2n) is 5.80. The van der Waals surface area contributed by atoms with E-state index in [1.807, 2.05) is 6.92 Å². The van der Waals surface area contributed by atoms with Gasteiger partial charge in [-0.05, 0) is 32.1 Å². The summed E-state index contributed by atoms with van der Waals surface area (Å²) in [6.07, 6.45) is 5.03. The number of anilines is 1. The fraction of sp³-hybridized carbons (Fsp3) is 0.667. The Morgan fingerprint density at radius 2 is 2.10 bits per heavy atom. The van der Waals surface area contributed by atoms with Crippen LogP contribution in [0, 0.1) is 12.8 Å². The van der Waals surface area contributed by atoms with Crippen LogP contribution in [-0.4, -0.2) is 35.5 Å². The molecule has 1 N–H and O–H groups in total. The van der Waals surface area contributed by atoms with Gasteiger partial charge in [0.2, 0.25) is 5.95 Å². The standard InChI is InChI=1S/C15H24N4O/c1-11(2)6-7-16-14(20)13-10-17-15(18-12(13)3)19-8-4-5-9-19/h10-11H,4-9H2,1-3H3,(H,16,20). The Bertz CT molecular complexity index is 467. The van der Waals surface area contributed by atoms with Crippen LogP contribution in [0.15, 0.2) is 6.20 Å². The fourth-order valence-corrected chi connectivity index (χ4v) is 2.32. The zero-order valence-corrected chi connectivity index (χ0v) is 12.6. The van der Waals surface area contributed by atoms with Crippen molar-refractivity contribution in [2.75, 3.05) is 24.5 Å². The number of nitrogens with one attached hydrogen (secondary N) is 1. The fourth-order valence-electron chi connectivity index (χ4n) is 2.32. The highest BCUT2D eigenvalue weighted by molar-refractivity contribution is 5.94. The van der Waals surface area contributed by atoms with Crippen molar-refractivity contribution >= 4 is 11.9 Å². The second-order valence-corrected chi connectivity index (χ2v) is 5.80. The molecule has 1 fully saturated rings. The van der Waals surface area contributed by atoms with E-state index >= 15 is 0 Å². The van der Waals surface area contributed by atoms with Crippen LogP contribution in [0.5, 0.6) is 0 Å². The minimum absolute atomic E-state index is 0.0730. The van der Waals surface area contributed by atoms with Crippen molar-refractivity contribution in [2.24, 2.45) is 5.92 Å². The molecule has 1 aliphatic rings. The molecule has 5 nitrogen and oxygen atoms in total. The molecular formula is C15H24N4O. The minimum atomic E-state index is -0.0730. The highest BCUT2D eigenvalue weighted by Crippen LogP contribution is 2.16. The lowest BCUT2D eigenvalue weighted by Crippen LogP contribution is -2.27. The van der Waals surface area contributed by atoms with Gasteiger partial charge in [-0.15, -0.1) is 0 Å². The predicted molar refractivity (Wildman–Crippen MR) is 80.0 cm³/mol. The Morgan fingerprint density at radius 1 is 1.40 bits per heavy atom. The van der Waals surface area contributed by atoms with Gasteiger partial charge in [0.1, 0.15) is 0 Å². The number of hydrogen-bond donors (Lipinski definition) is 1. The van der Waals surface area contributed by atoms with Crippen LogP contribution in [0.2, 0.25) is 0 Å². The van der Waals surface area contributed by atoms with Crippen molar-refractivity contribution in [3.63, 3.8) is 0 Å². The number of rotatable bonds is 5. The monoisotopic (exact) mass is 276 g/mol. The second kappa shape index (κ2) is 6.68. The molecule has 1 aliphatic heterocycles. The van der Waals surface area contributed by atoms with Crippen molar-refractivity contribution in [3.05, 3.63) is 17.5 Å². The average Bonchev–Trinajstić information content (AvgIpc) is 2.91. The number of carbonyl (C=O) groups is 1. The first-order chi connectivity index (χ1) is 9.58. The van der Waals surface area contributed by atoms with E-state index in [0.717, 1.165) is 31.2 Å². The molecule has 0 spiro atoms. The van der Waals surface area contributed by atoms with Crippen LogP contribution in [0.4, 0.5) is 5.95 Å². The highest BCUT2D eigenvalue weighted by Gasteiger charge is 2.17. The lowest BCUT2D eigenvalue weighted by atomic mass is 10.1. The van der Waals surface area contributed by atoms with Gasteiger partial charge in [0.25, 0.3) is 5.91 Å². The minimum Gasteiger partial charge on any atom is -0.352 e. The van der Waals surface area contributed by atoms with E-state index in [-0.39, 0.29) is 5.91 Å². The summed E-state index contributed by atoms with van der Waals surface area (Å²) < 4.78 is 0. The van der Waals surface area contributed by atoms with E-state index in [1.54, 1.807) is 6.20 Å². The number of aromatic nitrogens is 2. The molecule has 2 heterocycles. The number of amides is 1. The van der Waals surface area contributed by atoms with Gasteiger partial charge in [-0.2, -0.15) is 0 Å². The Hall–Kier alpha value is -1.65. The summed E-state index contributed by atoms with van der Waals surface area (Å²) in [5.41, 5.74) is 1.33. The third-order valence-corrected chi connectivity index (χ3v) is 3.61. The molecular weight excluding hydrogens is 252 g/mol. The first kappa shape index (κ1) is 14.8. The lowest BCUT2D eigenvalue weighted by Gasteiger charge is -2.16. The maximum Gasteiger partial charge on any atom is 0.254 e. The number of hydrogen-bond acceptors (Lipinski definition) is 4. The van der Waals surface area contributed by atoms with E-state index < -0.39 is 0 Å². The van der Waals surface area contributed by atoms with Gasteiger partial charge in [0.05, 0.1) is 11.3 Å². The van der Waals surface area contributed by atoms with E-state index in [4.69, 9.17) is 0 Å². The van der Waals surface area contributed by atoms with Gasteiger partial charge in [-0.1, -0.05) is 13.8 Å². The van der Waals surface area contributed by atoms with Crippen LogP contribution >= 0.6 is 0 Å². The average molecular weight is 276 g/mol. The molecule has 0 saturated carbocycles. The van der Waals surface area contributed by atoms with Crippen molar-refractivity contribution in [1.29, 1.82) is 0 Å². The molecule has 1 amide bonds. The maximum absolute atomic E-state index is 12.1. The Balaban J connectivity index is 1.99. The molecule has 0 unspecified atom stereocenters. The highest BCUT2D eigenvalue weighted by atomic mass is 16.1. The molecule has 1 aromatic heterocycles. The molecule has 0 bridgehead atoms. The summed E-state index contributed by atoms with van der Waals surface area (Å²) in [5.74, 6) is 1.26. The largest absolute Gasteiger partial charge is 0.352 e. The van der Waals surface area contributed by atoms with Gasteiger partial charge in [-0.25, -0.2) is 9.97 Å². The summed E-state index contributed by atoms with van der Waals surface area (Å²) >= 11 is 0. The third kappa shape index (κ3) is 3.68. The molecule has 1 aromatic rings. The SMILES string of the molecule is Cc1nc(N2CCCC2)ncc1C(=O)NCCC(C)C. The summed E-state index contributed by atoms with van der Waals surface area (Å²) in [5, 5.41) is 2.93. The van der Waals surface area contributed by atoms with E-state index in [2.05, 4.69) is 34.0 Å². The molecule has 0 radical (unpaired) electrons. The van der Waals surface area contributed by atoms with Crippen LogP contribution in [0.25, 0.3) is 0 Å². The number of aryl methyl sites for hydroxylation is 1. The molecule has 110 valence electrons. The quantitative estimate of drug-likeness (QED) is 0.895. The van der Waals surface area contributed by atoms with Gasteiger partial charge < -0.3 is 10.2 Å². The van der Waals surface area contributed by atoms with E-state index in [0.29, 0.717) is 18.0 Å². The molecule has 0 aromatic carbocycles.